The van der Waals surface area contributed by atoms with Gasteiger partial charge in [-0.2, -0.15) is 5.06 Å². The number of nitrogens with two attached hydrogens (primary N) is 2. The van der Waals surface area contributed by atoms with Crippen molar-refractivity contribution in [3.05, 3.63) is 30.3 Å². The Morgan fingerprint density at radius 3 is 2.32 bits per heavy atom. The van der Waals surface area contributed by atoms with E-state index in [2.05, 4.69) is 0 Å². The highest BCUT2D eigenvalue weighted by Gasteiger charge is 2.08. The molecule has 7 heteroatoms. The fourth-order valence-electron chi connectivity index (χ4n) is 1.39. The van der Waals surface area contributed by atoms with Crippen LogP contribution in [0.2, 0.25) is 0 Å². The van der Waals surface area contributed by atoms with Crippen molar-refractivity contribution in [2.45, 2.75) is 39.2 Å². The second kappa shape index (κ2) is 11.5. The Balaban J connectivity index is 0.000000433. The number of hydrogen-bond donors (Lipinski definition) is 3. The van der Waals surface area contributed by atoms with Crippen LogP contribution < -0.4 is 16.3 Å². The van der Waals surface area contributed by atoms with E-state index < -0.39 is 12.0 Å². The molecule has 0 radical (unpaired) electrons. The van der Waals surface area contributed by atoms with Gasteiger partial charge >= 0.3 is 5.97 Å². The topological polar surface area (TPSA) is 119 Å². The Hall–Kier alpha value is -2.12. The molecule has 5 N–H and O–H groups in total. The Morgan fingerprint density at radius 2 is 1.91 bits per heavy atom. The Morgan fingerprint density at radius 1 is 1.32 bits per heavy atom. The predicted octanol–water partition coefficient (Wildman–Crippen LogP) is 1.33. The van der Waals surface area contributed by atoms with E-state index in [0.29, 0.717) is 12.2 Å². The van der Waals surface area contributed by atoms with Gasteiger partial charge in [-0.1, -0.05) is 38.0 Å². The average Bonchev–Trinajstić information content (AvgIpc) is 2.51. The molecule has 0 bridgehead atoms. The van der Waals surface area contributed by atoms with Gasteiger partial charge in [0.05, 0.1) is 0 Å². The molecular weight excluding hydrogens is 286 g/mol. The van der Waals surface area contributed by atoms with Gasteiger partial charge in [0.15, 0.2) is 5.75 Å². The summed E-state index contributed by atoms with van der Waals surface area (Å²) in [4.78, 5) is 26.2. The molecule has 0 aliphatic heterocycles. The number of carboxylic acids is 1. The lowest BCUT2D eigenvalue weighted by atomic mass is 10.1. The largest absolute Gasteiger partial charge is 0.480 e. The molecule has 0 saturated heterocycles. The van der Waals surface area contributed by atoms with E-state index in [1.807, 2.05) is 25.1 Å². The van der Waals surface area contributed by atoms with Crippen molar-refractivity contribution in [2.24, 2.45) is 11.5 Å². The van der Waals surface area contributed by atoms with Gasteiger partial charge in [0, 0.05) is 6.92 Å². The molecule has 1 rings (SSSR count). The molecular formula is C15H25N3O4. The monoisotopic (exact) mass is 311 g/mol. The van der Waals surface area contributed by atoms with E-state index in [1.54, 1.807) is 12.1 Å². The van der Waals surface area contributed by atoms with Gasteiger partial charge in [0.2, 0.25) is 0 Å². The minimum atomic E-state index is -0.900. The average molecular weight is 311 g/mol. The second-order valence-electron chi connectivity index (χ2n) is 4.57. The Kier molecular flexibility index (Phi) is 10.4. The summed E-state index contributed by atoms with van der Waals surface area (Å²) in [5.41, 5.74) is 10.5. The lowest BCUT2D eigenvalue weighted by Crippen LogP contribution is -2.37. The van der Waals surface area contributed by atoms with Crippen LogP contribution in [0.25, 0.3) is 0 Å². The first-order valence-corrected chi connectivity index (χ1v) is 7.11. The smallest absolute Gasteiger partial charge is 0.320 e. The predicted molar refractivity (Wildman–Crippen MR) is 83.8 cm³/mol. The van der Waals surface area contributed by atoms with Crippen LogP contribution in [0.4, 0.5) is 0 Å². The molecule has 0 heterocycles. The van der Waals surface area contributed by atoms with Crippen molar-refractivity contribution in [1.29, 1.82) is 0 Å². The summed E-state index contributed by atoms with van der Waals surface area (Å²) in [6.45, 7) is 3.45. The molecule has 0 fully saturated rings. The number of carbonyl (C=O) groups excluding carboxylic acids is 1. The number of hydroxylamine groups is 2. The van der Waals surface area contributed by atoms with Gasteiger partial charge < -0.3 is 21.4 Å². The minimum absolute atomic E-state index is 0.0459. The number of para-hydroxylation sites is 1. The molecule has 0 aliphatic rings. The molecule has 0 aromatic heterocycles. The third-order valence-corrected chi connectivity index (χ3v) is 2.66. The number of unbranched alkanes of at least 4 members (excludes halogenated alkanes) is 1. The van der Waals surface area contributed by atoms with Crippen LogP contribution in [0, 0.1) is 0 Å². The number of nitrogens with zero attached hydrogens (tertiary/aromatic N) is 1. The maximum Gasteiger partial charge on any atom is 0.320 e. The summed E-state index contributed by atoms with van der Waals surface area (Å²) < 4.78 is 0. The van der Waals surface area contributed by atoms with Crippen LogP contribution in [0.15, 0.2) is 30.3 Å². The van der Waals surface area contributed by atoms with E-state index >= 15 is 0 Å². The van der Waals surface area contributed by atoms with Gasteiger partial charge in [-0.25, -0.2) is 0 Å². The SMILES string of the molecule is CC(=O)N(CN)Oc1ccccc1.CCCC[C@H](N)C(=O)O. The zero-order valence-corrected chi connectivity index (χ0v) is 13.1. The number of benzene rings is 1. The van der Waals surface area contributed by atoms with E-state index in [4.69, 9.17) is 21.4 Å². The molecule has 0 unspecified atom stereocenters. The fraction of sp³-hybridized carbons (Fsp3) is 0.467. The Bertz CT molecular complexity index is 440. The summed E-state index contributed by atoms with van der Waals surface area (Å²) in [5.74, 6) is -0.516. The normalized spacial score (nSPS) is 10.9. The van der Waals surface area contributed by atoms with E-state index in [0.717, 1.165) is 17.9 Å². The summed E-state index contributed by atoms with van der Waals surface area (Å²) in [6, 6.07) is 8.36. The first-order chi connectivity index (χ1) is 10.4. The summed E-state index contributed by atoms with van der Waals surface area (Å²) in [6.07, 6.45) is 2.49. The van der Waals surface area contributed by atoms with Crippen molar-refractivity contribution >= 4 is 11.9 Å². The Labute approximate surface area is 130 Å². The van der Waals surface area contributed by atoms with Crippen LogP contribution in [0.3, 0.4) is 0 Å². The molecule has 0 saturated carbocycles. The molecule has 1 atom stereocenters. The molecule has 0 aliphatic carbocycles. The van der Waals surface area contributed by atoms with Gasteiger partial charge in [-0.3, -0.25) is 9.59 Å². The van der Waals surface area contributed by atoms with Crippen LogP contribution in [0.5, 0.6) is 5.75 Å². The number of carbonyl (C=O) groups is 2. The van der Waals surface area contributed by atoms with Gasteiger partial charge in [-0.15, -0.1) is 0 Å². The standard InChI is InChI=1S/C9H12N2O2.C6H13NO2/c1-8(12)11(7-10)13-9-5-3-2-4-6-9;1-2-3-4-5(7)6(8)9/h2-6H,7,10H2,1H3;5H,2-4,7H2,1H3,(H,8,9)/t;5-/m.0/s1. The minimum Gasteiger partial charge on any atom is -0.480 e. The second-order valence-corrected chi connectivity index (χ2v) is 4.57. The molecule has 7 nitrogen and oxygen atoms in total. The number of rotatable bonds is 7. The highest BCUT2D eigenvalue weighted by Crippen LogP contribution is 2.09. The van der Waals surface area contributed by atoms with Crippen LogP contribution in [-0.4, -0.2) is 34.8 Å². The number of amides is 1. The number of hydrogen-bond acceptors (Lipinski definition) is 5. The van der Waals surface area contributed by atoms with Crippen molar-refractivity contribution in [2.75, 3.05) is 6.67 Å². The van der Waals surface area contributed by atoms with Crippen LogP contribution in [0.1, 0.15) is 33.1 Å². The quantitative estimate of drug-likeness (QED) is 0.516. The van der Waals surface area contributed by atoms with E-state index in [1.165, 1.54) is 6.92 Å². The summed E-state index contributed by atoms with van der Waals surface area (Å²) in [7, 11) is 0. The van der Waals surface area contributed by atoms with Gasteiger partial charge in [0.1, 0.15) is 12.7 Å². The summed E-state index contributed by atoms with van der Waals surface area (Å²) in [5, 5.41) is 9.38. The molecule has 0 spiro atoms. The number of carboxylic acid groups (broad SMARTS) is 1. The molecule has 1 aromatic rings. The lowest BCUT2D eigenvalue weighted by molar-refractivity contribution is -0.154. The molecule has 1 amide bonds. The van der Waals surface area contributed by atoms with Crippen molar-refractivity contribution in [3.63, 3.8) is 0 Å². The highest BCUT2D eigenvalue weighted by atomic mass is 16.7. The molecule has 22 heavy (non-hydrogen) atoms. The zero-order chi connectivity index (χ0) is 17.0. The van der Waals surface area contributed by atoms with Crippen molar-refractivity contribution in [3.8, 4) is 5.75 Å². The summed E-state index contributed by atoms with van der Waals surface area (Å²) >= 11 is 0. The van der Waals surface area contributed by atoms with Crippen LogP contribution in [-0.2, 0) is 9.59 Å². The van der Waals surface area contributed by atoms with E-state index in [9.17, 15) is 9.59 Å². The van der Waals surface area contributed by atoms with Gasteiger partial charge in [0.25, 0.3) is 5.91 Å². The van der Waals surface area contributed by atoms with Gasteiger partial charge in [-0.05, 0) is 18.6 Å². The van der Waals surface area contributed by atoms with E-state index in [-0.39, 0.29) is 12.6 Å². The van der Waals surface area contributed by atoms with Crippen molar-refractivity contribution < 1.29 is 19.5 Å². The first-order valence-electron chi connectivity index (χ1n) is 7.11. The molecule has 1 aromatic carbocycles. The third kappa shape index (κ3) is 8.93. The third-order valence-electron chi connectivity index (χ3n) is 2.66. The number of aliphatic carboxylic acids is 1. The van der Waals surface area contributed by atoms with Crippen LogP contribution >= 0.6 is 0 Å². The highest BCUT2D eigenvalue weighted by molar-refractivity contribution is 5.73. The fourth-order valence-corrected chi connectivity index (χ4v) is 1.39. The zero-order valence-electron chi connectivity index (χ0n) is 13.1. The first kappa shape index (κ1) is 19.9. The maximum atomic E-state index is 10.9. The molecule has 124 valence electrons. The van der Waals surface area contributed by atoms with Crippen molar-refractivity contribution in [1.82, 2.24) is 5.06 Å². The maximum absolute atomic E-state index is 10.9. The lowest BCUT2D eigenvalue weighted by Gasteiger charge is -2.18.